The summed E-state index contributed by atoms with van der Waals surface area (Å²) in [6, 6.07) is 6.53. The quantitative estimate of drug-likeness (QED) is 0.914. The second kappa shape index (κ2) is 7.70. The number of nitrogens with one attached hydrogen (secondary N) is 1. The molecule has 1 aromatic carbocycles. The molecule has 0 radical (unpaired) electrons. The normalized spacial score (nSPS) is 14.1. The number of nitrogens with zero attached hydrogens (tertiary/aromatic N) is 3. The Morgan fingerprint density at radius 2 is 1.96 bits per heavy atom. The molecule has 0 aromatic heterocycles. The highest BCUT2D eigenvalue weighted by Crippen LogP contribution is 2.28. The number of hydrogen-bond acceptors (Lipinski definition) is 4. The molecule has 0 unspecified atom stereocenters. The van der Waals surface area contributed by atoms with Crippen molar-refractivity contribution >= 4 is 29.2 Å². The van der Waals surface area contributed by atoms with E-state index in [2.05, 4.69) is 5.32 Å². The lowest BCUT2D eigenvalue weighted by atomic mass is 10.2. The van der Waals surface area contributed by atoms with Crippen LogP contribution in [-0.4, -0.2) is 55.0 Å². The zero-order chi connectivity index (χ0) is 16.8. The molecule has 23 heavy (non-hydrogen) atoms. The third-order valence-corrected chi connectivity index (χ3v) is 3.79. The Morgan fingerprint density at radius 3 is 2.57 bits per heavy atom. The van der Waals surface area contributed by atoms with Crippen LogP contribution in [0.25, 0.3) is 0 Å². The predicted octanol–water partition coefficient (Wildman–Crippen LogP) is 1.94. The molecular weight excluding hydrogens is 320 g/mol. The van der Waals surface area contributed by atoms with E-state index < -0.39 is 0 Å². The van der Waals surface area contributed by atoms with Crippen molar-refractivity contribution in [2.24, 2.45) is 0 Å². The molecular formula is C15H17ClN4O3. The van der Waals surface area contributed by atoms with Gasteiger partial charge < -0.3 is 19.9 Å². The number of methoxy groups -OCH3 is 1. The Labute approximate surface area is 139 Å². The average Bonchev–Trinajstić information content (AvgIpc) is 2.55. The summed E-state index contributed by atoms with van der Waals surface area (Å²) in [5.74, 6) is 0.314. The van der Waals surface area contributed by atoms with Crippen molar-refractivity contribution < 1.29 is 14.3 Å². The van der Waals surface area contributed by atoms with Crippen LogP contribution >= 0.6 is 11.6 Å². The van der Waals surface area contributed by atoms with Gasteiger partial charge in [0, 0.05) is 31.2 Å². The largest absolute Gasteiger partial charge is 0.495 e. The molecule has 1 N–H and O–H groups in total. The van der Waals surface area contributed by atoms with Gasteiger partial charge in [-0.25, -0.2) is 4.79 Å². The van der Waals surface area contributed by atoms with Crippen LogP contribution in [0.5, 0.6) is 5.75 Å². The molecule has 8 heteroatoms. The van der Waals surface area contributed by atoms with Gasteiger partial charge in [-0.1, -0.05) is 11.6 Å². The molecule has 1 aliphatic heterocycles. The number of urea groups is 1. The van der Waals surface area contributed by atoms with Gasteiger partial charge in [0.1, 0.15) is 12.2 Å². The average molecular weight is 337 g/mol. The number of amides is 3. The highest BCUT2D eigenvalue weighted by molar-refractivity contribution is 6.31. The molecule has 2 rings (SSSR count). The van der Waals surface area contributed by atoms with Crippen LogP contribution in [0.15, 0.2) is 18.2 Å². The number of carbonyl (C=O) groups is 2. The molecule has 0 aliphatic carbocycles. The molecule has 0 spiro atoms. The van der Waals surface area contributed by atoms with E-state index in [0.29, 0.717) is 42.6 Å². The molecule has 3 amide bonds. The summed E-state index contributed by atoms with van der Waals surface area (Å²) in [5.41, 5.74) is 0.494. The monoisotopic (exact) mass is 336 g/mol. The topological polar surface area (TPSA) is 85.7 Å². The molecule has 122 valence electrons. The van der Waals surface area contributed by atoms with E-state index in [0.717, 1.165) is 0 Å². The Kier molecular flexibility index (Phi) is 5.66. The predicted molar refractivity (Wildman–Crippen MR) is 85.4 cm³/mol. The summed E-state index contributed by atoms with van der Waals surface area (Å²) in [7, 11) is 1.51. The maximum atomic E-state index is 12.3. The lowest BCUT2D eigenvalue weighted by molar-refractivity contribution is -0.131. The van der Waals surface area contributed by atoms with Gasteiger partial charge in [-0.05, 0) is 18.2 Å². The number of piperazine rings is 1. The van der Waals surface area contributed by atoms with E-state index in [-0.39, 0.29) is 18.4 Å². The lowest BCUT2D eigenvalue weighted by Gasteiger charge is -2.34. The minimum absolute atomic E-state index is 0.133. The minimum atomic E-state index is -0.280. The summed E-state index contributed by atoms with van der Waals surface area (Å²) in [4.78, 5) is 27.1. The Bertz CT molecular complexity index is 636. The van der Waals surface area contributed by atoms with E-state index in [1.807, 2.05) is 6.07 Å². The van der Waals surface area contributed by atoms with Crippen molar-refractivity contribution in [3.8, 4) is 11.8 Å². The number of benzene rings is 1. The van der Waals surface area contributed by atoms with Gasteiger partial charge in [0.15, 0.2) is 0 Å². The summed E-state index contributed by atoms with van der Waals surface area (Å²) in [6.45, 7) is 1.65. The number of carbonyl (C=O) groups excluding carboxylic acids is 2. The molecule has 1 heterocycles. The van der Waals surface area contributed by atoms with Gasteiger partial charge >= 0.3 is 6.03 Å². The van der Waals surface area contributed by atoms with Gasteiger partial charge in [0.25, 0.3) is 0 Å². The van der Waals surface area contributed by atoms with E-state index in [1.165, 1.54) is 7.11 Å². The standard InChI is InChI=1S/C15H17ClN4O3/c1-23-13-3-2-11(16)10-12(13)18-15(22)20-8-6-19(7-9-20)14(21)4-5-17/h2-3,10H,4,6-9H2,1H3,(H,18,22). The maximum Gasteiger partial charge on any atom is 0.322 e. The minimum Gasteiger partial charge on any atom is -0.495 e. The summed E-state index contributed by atoms with van der Waals surface area (Å²) >= 11 is 5.94. The third-order valence-electron chi connectivity index (χ3n) is 3.55. The van der Waals surface area contributed by atoms with Gasteiger partial charge in [0.2, 0.25) is 5.91 Å². The number of anilines is 1. The first-order chi connectivity index (χ1) is 11.0. The zero-order valence-corrected chi connectivity index (χ0v) is 13.5. The number of halogens is 1. The molecule has 1 fully saturated rings. The summed E-state index contributed by atoms with van der Waals surface area (Å²) in [5, 5.41) is 11.8. The Balaban J connectivity index is 1.95. The van der Waals surface area contributed by atoms with Crippen molar-refractivity contribution in [3.63, 3.8) is 0 Å². The molecule has 1 saturated heterocycles. The van der Waals surface area contributed by atoms with Crippen LogP contribution in [-0.2, 0) is 4.79 Å². The zero-order valence-electron chi connectivity index (χ0n) is 12.7. The van der Waals surface area contributed by atoms with Gasteiger partial charge in [-0.3, -0.25) is 4.79 Å². The first-order valence-electron chi connectivity index (χ1n) is 7.09. The van der Waals surface area contributed by atoms with Crippen LogP contribution < -0.4 is 10.1 Å². The van der Waals surface area contributed by atoms with Crippen LogP contribution in [0.3, 0.4) is 0 Å². The molecule has 0 atom stereocenters. The highest BCUT2D eigenvalue weighted by atomic mass is 35.5. The number of nitriles is 1. The van der Waals surface area contributed by atoms with E-state index >= 15 is 0 Å². The summed E-state index contributed by atoms with van der Waals surface area (Å²) < 4.78 is 5.19. The fraction of sp³-hybridized carbons (Fsp3) is 0.400. The Hall–Kier alpha value is -2.46. The summed E-state index contributed by atoms with van der Waals surface area (Å²) in [6.07, 6.45) is -0.133. The fourth-order valence-electron chi connectivity index (χ4n) is 2.31. The van der Waals surface area contributed by atoms with Crippen molar-refractivity contribution in [2.45, 2.75) is 6.42 Å². The molecule has 7 nitrogen and oxygen atoms in total. The van der Waals surface area contributed by atoms with Crippen LogP contribution in [0.4, 0.5) is 10.5 Å². The molecule has 1 aliphatic rings. The van der Waals surface area contributed by atoms with E-state index in [1.54, 1.807) is 28.0 Å². The Morgan fingerprint density at radius 1 is 1.30 bits per heavy atom. The first kappa shape index (κ1) is 16.9. The molecule has 1 aromatic rings. The lowest BCUT2D eigenvalue weighted by Crippen LogP contribution is -2.51. The smallest absolute Gasteiger partial charge is 0.322 e. The second-order valence-electron chi connectivity index (χ2n) is 4.98. The van der Waals surface area contributed by atoms with E-state index in [4.69, 9.17) is 21.6 Å². The molecule has 0 bridgehead atoms. The maximum absolute atomic E-state index is 12.3. The second-order valence-corrected chi connectivity index (χ2v) is 5.41. The van der Waals surface area contributed by atoms with Gasteiger partial charge in [0.05, 0.1) is 18.9 Å². The van der Waals surface area contributed by atoms with Crippen molar-refractivity contribution in [2.75, 3.05) is 38.6 Å². The molecule has 0 saturated carbocycles. The SMILES string of the molecule is COc1ccc(Cl)cc1NC(=O)N1CCN(C(=O)CC#N)CC1. The van der Waals surface area contributed by atoms with Crippen molar-refractivity contribution in [1.29, 1.82) is 5.26 Å². The van der Waals surface area contributed by atoms with E-state index in [9.17, 15) is 9.59 Å². The van der Waals surface area contributed by atoms with Crippen molar-refractivity contribution in [3.05, 3.63) is 23.2 Å². The number of hydrogen-bond donors (Lipinski definition) is 1. The number of rotatable bonds is 3. The fourth-order valence-corrected chi connectivity index (χ4v) is 2.48. The first-order valence-corrected chi connectivity index (χ1v) is 7.47. The van der Waals surface area contributed by atoms with Crippen LogP contribution in [0, 0.1) is 11.3 Å². The number of ether oxygens (including phenoxy) is 1. The van der Waals surface area contributed by atoms with Gasteiger partial charge in [-0.2, -0.15) is 5.26 Å². The highest BCUT2D eigenvalue weighted by Gasteiger charge is 2.24. The van der Waals surface area contributed by atoms with Crippen LogP contribution in [0.1, 0.15) is 6.42 Å². The van der Waals surface area contributed by atoms with Crippen molar-refractivity contribution in [1.82, 2.24) is 9.80 Å². The third kappa shape index (κ3) is 4.27. The van der Waals surface area contributed by atoms with Gasteiger partial charge in [-0.15, -0.1) is 0 Å². The van der Waals surface area contributed by atoms with Crippen LogP contribution in [0.2, 0.25) is 5.02 Å².